The van der Waals surface area contributed by atoms with Crippen molar-refractivity contribution in [2.24, 2.45) is 0 Å². The van der Waals surface area contributed by atoms with Gasteiger partial charge in [0, 0.05) is 90.8 Å². The first-order chi connectivity index (χ1) is 44.4. The van der Waals surface area contributed by atoms with Gasteiger partial charge >= 0.3 is 0 Å². The van der Waals surface area contributed by atoms with E-state index in [1.807, 2.05) is 170 Å². The monoisotopic (exact) mass is 1160 g/mol. The molecule has 90 heavy (non-hydrogen) atoms. The number of aromatic nitrogens is 6. The molecule has 0 unspecified atom stereocenters. The molecular formula is C81H49F2N7. The van der Waals surface area contributed by atoms with Crippen LogP contribution in [0.15, 0.2) is 298 Å². The molecule has 9 heteroatoms. The Hall–Kier alpha value is -12.3. The van der Waals surface area contributed by atoms with Gasteiger partial charge in [-0.05, 0) is 125 Å². The zero-order valence-corrected chi connectivity index (χ0v) is 48.2. The highest BCUT2D eigenvalue weighted by Crippen LogP contribution is 2.44. The second kappa shape index (κ2) is 22.2. The van der Waals surface area contributed by atoms with Crippen LogP contribution in [0, 0.1) is 23.0 Å². The molecule has 0 aliphatic heterocycles. The molecule has 0 aliphatic rings. The van der Waals surface area contributed by atoms with E-state index < -0.39 is 11.6 Å². The van der Waals surface area contributed by atoms with Crippen molar-refractivity contribution in [2.45, 2.75) is 0 Å². The van der Waals surface area contributed by atoms with E-state index in [2.05, 4.69) is 112 Å². The number of nitriles is 1. The molecule has 0 atom stereocenters. The van der Waals surface area contributed by atoms with Crippen molar-refractivity contribution in [1.29, 1.82) is 5.26 Å². The van der Waals surface area contributed by atoms with Crippen LogP contribution in [0.25, 0.3) is 156 Å². The van der Waals surface area contributed by atoms with Crippen LogP contribution in [-0.2, 0) is 0 Å². The van der Waals surface area contributed by atoms with Crippen LogP contribution < -0.4 is 0 Å². The quantitative estimate of drug-likeness (QED) is 0.129. The third-order valence-corrected chi connectivity index (χ3v) is 17.1. The molecule has 0 bridgehead atoms. The third kappa shape index (κ3) is 9.44. The van der Waals surface area contributed by atoms with Crippen LogP contribution in [0.5, 0.6) is 0 Å². The molecule has 422 valence electrons. The van der Waals surface area contributed by atoms with Crippen molar-refractivity contribution < 1.29 is 8.78 Å². The number of pyridine rings is 4. The Kier molecular flexibility index (Phi) is 13.2. The van der Waals surface area contributed by atoms with Gasteiger partial charge in [-0.1, -0.05) is 176 Å². The fourth-order valence-corrected chi connectivity index (χ4v) is 12.7. The lowest BCUT2D eigenvalue weighted by molar-refractivity contribution is 0.589. The number of rotatable bonds is 11. The summed E-state index contributed by atoms with van der Waals surface area (Å²) in [7, 11) is 0. The van der Waals surface area contributed by atoms with Crippen LogP contribution in [0.2, 0.25) is 0 Å². The zero-order chi connectivity index (χ0) is 60.2. The predicted octanol–water partition coefficient (Wildman–Crippen LogP) is 20.6. The van der Waals surface area contributed by atoms with Crippen molar-refractivity contribution in [1.82, 2.24) is 29.1 Å². The van der Waals surface area contributed by atoms with E-state index in [9.17, 15) is 5.26 Å². The van der Waals surface area contributed by atoms with Gasteiger partial charge in [-0.15, -0.1) is 0 Å². The molecule has 0 radical (unpaired) electrons. The molecule has 16 rings (SSSR count). The van der Waals surface area contributed by atoms with E-state index in [0.717, 1.165) is 133 Å². The molecule has 0 N–H and O–H groups in total. The van der Waals surface area contributed by atoms with Crippen LogP contribution in [0.4, 0.5) is 8.78 Å². The summed E-state index contributed by atoms with van der Waals surface area (Å²) in [5, 5.41) is 15.6. The minimum Gasteiger partial charge on any atom is -0.308 e. The van der Waals surface area contributed by atoms with Crippen molar-refractivity contribution >= 4 is 43.6 Å². The molecule has 7 nitrogen and oxygen atoms in total. The Bertz CT molecular complexity index is 4840. The Morgan fingerprint density at radius 1 is 0.267 bits per heavy atom. The first-order valence-corrected chi connectivity index (χ1v) is 29.7. The van der Waals surface area contributed by atoms with Gasteiger partial charge in [0.1, 0.15) is 23.3 Å². The Labute approximate surface area is 517 Å². The lowest BCUT2D eigenvalue weighted by atomic mass is 9.99. The first-order valence-electron chi connectivity index (χ1n) is 29.7. The Balaban J connectivity index is 0.925. The van der Waals surface area contributed by atoms with Crippen LogP contribution in [-0.4, -0.2) is 29.1 Å². The SMILES string of the molecule is N#Cc1c(-n2c3ccc(-c4ccc(-c5ccccc5)nc4)cc3c3cc(-c4ccc(-c5ccccc5)nc4)ccc32)cc(-c2c(F)cccc2F)cc1-n1c2ccc(-c3ccc(-c4ccccc4)nc3)cc2c2cc(-c3ccc(-c4ccccc4)nc3)ccc21. The van der Waals surface area contributed by atoms with Gasteiger partial charge in [-0.2, -0.15) is 5.26 Å². The molecule has 0 spiro atoms. The maximum atomic E-state index is 16.6. The summed E-state index contributed by atoms with van der Waals surface area (Å²) < 4.78 is 37.4. The summed E-state index contributed by atoms with van der Waals surface area (Å²) in [6.45, 7) is 0. The highest BCUT2D eigenvalue weighted by Gasteiger charge is 2.26. The van der Waals surface area contributed by atoms with Crippen molar-refractivity contribution in [3.63, 3.8) is 0 Å². The number of halogens is 2. The summed E-state index contributed by atoms with van der Waals surface area (Å²) in [6, 6.07) is 92.1. The van der Waals surface area contributed by atoms with Crippen LogP contribution in [0.1, 0.15) is 5.56 Å². The zero-order valence-electron chi connectivity index (χ0n) is 48.2. The van der Waals surface area contributed by atoms with Crippen LogP contribution >= 0.6 is 0 Å². The van der Waals surface area contributed by atoms with Crippen molar-refractivity contribution in [2.75, 3.05) is 0 Å². The normalized spacial score (nSPS) is 11.4. The van der Waals surface area contributed by atoms with E-state index in [4.69, 9.17) is 19.9 Å². The van der Waals surface area contributed by atoms with E-state index in [1.165, 1.54) is 18.2 Å². The molecule has 0 saturated heterocycles. The van der Waals surface area contributed by atoms with Crippen molar-refractivity contribution in [3.05, 3.63) is 315 Å². The molecule has 6 heterocycles. The van der Waals surface area contributed by atoms with Gasteiger partial charge < -0.3 is 9.13 Å². The van der Waals surface area contributed by atoms with Crippen LogP contribution in [0.3, 0.4) is 0 Å². The minimum atomic E-state index is -0.734. The maximum absolute atomic E-state index is 16.6. The van der Waals surface area contributed by atoms with Gasteiger partial charge in [-0.25, -0.2) is 8.78 Å². The second-order valence-electron chi connectivity index (χ2n) is 22.4. The maximum Gasteiger partial charge on any atom is 0.133 e. The number of benzene rings is 10. The van der Waals surface area contributed by atoms with E-state index in [1.54, 1.807) is 12.1 Å². The molecule has 0 fully saturated rings. The fraction of sp³-hybridized carbons (Fsp3) is 0. The number of nitrogens with zero attached hydrogens (tertiary/aromatic N) is 7. The topological polar surface area (TPSA) is 85.2 Å². The standard InChI is InChI=1S/C81H49F2N7/c82-69-22-13-23-70(83)81(69)63-44-79(89-75-36-28-55(59-24-32-71(85-47-59)51-14-5-1-6-15-51)40-64(75)65-41-56(29-37-76(65)89)60-25-33-72(86-48-60)52-16-7-2-8-17-52)68(46-84)80(45-63)90-77-38-30-57(61-26-34-73(87-49-61)53-18-9-3-10-19-53)42-66(77)67-43-58(31-39-78(67)90)62-27-35-74(88-50-62)54-20-11-4-12-21-54/h1-45,47-50H. The van der Waals surface area contributed by atoms with Crippen molar-refractivity contribution in [3.8, 4) is 118 Å². The molecule has 0 amide bonds. The molecule has 0 saturated carbocycles. The highest BCUT2D eigenvalue weighted by atomic mass is 19.1. The molecule has 6 aromatic heterocycles. The number of hydrogen-bond acceptors (Lipinski definition) is 5. The number of hydrogen-bond donors (Lipinski definition) is 0. The van der Waals surface area contributed by atoms with Gasteiger partial charge in [0.05, 0.1) is 61.8 Å². The summed E-state index contributed by atoms with van der Waals surface area (Å²) in [5.74, 6) is -1.47. The first kappa shape index (κ1) is 53.2. The Morgan fingerprint density at radius 3 is 0.800 bits per heavy atom. The van der Waals surface area contributed by atoms with Gasteiger partial charge in [0.15, 0.2) is 0 Å². The average molecular weight is 1160 g/mol. The fourth-order valence-electron chi connectivity index (χ4n) is 12.7. The second-order valence-corrected chi connectivity index (χ2v) is 22.4. The van der Waals surface area contributed by atoms with E-state index >= 15 is 8.78 Å². The minimum absolute atomic E-state index is 0.212. The highest BCUT2D eigenvalue weighted by molar-refractivity contribution is 6.14. The third-order valence-electron chi connectivity index (χ3n) is 17.1. The largest absolute Gasteiger partial charge is 0.308 e. The summed E-state index contributed by atoms with van der Waals surface area (Å²) in [4.78, 5) is 19.6. The molecule has 16 aromatic rings. The van der Waals surface area contributed by atoms with Gasteiger partial charge in [0.2, 0.25) is 0 Å². The summed E-state index contributed by atoms with van der Waals surface area (Å²) in [6.07, 6.45) is 7.59. The lowest BCUT2D eigenvalue weighted by Gasteiger charge is -2.19. The van der Waals surface area contributed by atoms with E-state index in [-0.39, 0.29) is 16.7 Å². The summed E-state index contributed by atoms with van der Waals surface area (Å²) >= 11 is 0. The molecule has 10 aromatic carbocycles. The smallest absolute Gasteiger partial charge is 0.133 e. The molecule has 0 aliphatic carbocycles. The number of fused-ring (bicyclic) bond motifs is 6. The van der Waals surface area contributed by atoms with E-state index in [0.29, 0.717) is 11.4 Å². The van der Waals surface area contributed by atoms with Gasteiger partial charge in [-0.3, -0.25) is 19.9 Å². The lowest BCUT2D eigenvalue weighted by Crippen LogP contribution is -2.06. The average Bonchev–Trinajstić information content (AvgIpc) is 1.63. The Morgan fingerprint density at radius 2 is 0.544 bits per heavy atom. The van der Waals surface area contributed by atoms with Gasteiger partial charge in [0.25, 0.3) is 0 Å². The predicted molar refractivity (Wildman–Crippen MR) is 360 cm³/mol. The summed E-state index contributed by atoms with van der Waals surface area (Å²) in [5.41, 5.74) is 19.3. The molecular weight excluding hydrogens is 1110 g/mol.